The number of anilines is 2. The number of halogens is 2. The number of nitrogens with zero attached hydrogens (tertiary/aromatic N) is 7. The highest BCUT2D eigenvalue weighted by Crippen LogP contribution is 2.28. The molecule has 2 aromatic heterocycles. The number of hydrogen-bond donors (Lipinski definition) is 3. The first kappa shape index (κ1) is 33.4. The predicted molar refractivity (Wildman–Crippen MR) is 186 cm³/mol. The van der Waals surface area contributed by atoms with Gasteiger partial charge in [0, 0.05) is 94.2 Å². The molecule has 0 spiro atoms. The van der Waals surface area contributed by atoms with Crippen molar-refractivity contribution < 1.29 is 18.7 Å². The fraction of sp³-hybridized carbons (Fsp3) is 0.382. The Morgan fingerprint density at radius 2 is 1.27 bits per heavy atom. The zero-order valence-corrected chi connectivity index (χ0v) is 27.7. The molecule has 0 radical (unpaired) electrons. The van der Waals surface area contributed by atoms with Crippen LogP contribution in [0.1, 0.15) is 29.8 Å². The van der Waals surface area contributed by atoms with Crippen molar-refractivity contribution >= 4 is 51.1 Å². The lowest BCUT2D eigenvalue weighted by Crippen LogP contribution is -2.52. The standard InChI is InChI=1S/C34H39F2N9O4/c1-4-40-18-20(3)30(46)21-14-24(35)28(16-26(21)40)42-6-10-44(11-7-42)33(37)39-34(38)45-12-8-43(9-13-45)29-17-27-22(15-25(29)36)31(47)23(32(48)49)19-41(27)5-2/h14-19H,4-13H2,1-3H3,(H,48,49)(H3,37,38,39). The third-order valence-corrected chi connectivity index (χ3v) is 9.47. The third-order valence-electron chi connectivity index (χ3n) is 9.47. The van der Waals surface area contributed by atoms with Gasteiger partial charge in [0.05, 0.1) is 22.4 Å². The maximum atomic E-state index is 15.3. The second kappa shape index (κ2) is 13.2. The Morgan fingerprint density at radius 3 is 1.76 bits per heavy atom. The lowest BCUT2D eigenvalue weighted by Gasteiger charge is -2.38. The quantitative estimate of drug-likeness (QED) is 0.214. The van der Waals surface area contributed by atoms with E-state index in [4.69, 9.17) is 11.1 Å². The molecule has 0 amide bonds. The Kier molecular flexibility index (Phi) is 9.01. The van der Waals surface area contributed by atoms with Crippen molar-refractivity contribution in [1.29, 1.82) is 5.41 Å². The van der Waals surface area contributed by atoms with Crippen LogP contribution in [0.2, 0.25) is 0 Å². The van der Waals surface area contributed by atoms with Gasteiger partial charge in [0.15, 0.2) is 11.4 Å². The zero-order chi connectivity index (χ0) is 35.1. The molecule has 4 heterocycles. The van der Waals surface area contributed by atoms with E-state index >= 15 is 8.78 Å². The van der Waals surface area contributed by atoms with Gasteiger partial charge in [-0.25, -0.2) is 13.6 Å². The first-order valence-corrected chi connectivity index (χ1v) is 16.3. The Bertz CT molecular complexity index is 2130. The van der Waals surface area contributed by atoms with Gasteiger partial charge in [-0.05, 0) is 45.0 Å². The van der Waals surface area contributed by atoms with E-state index in [1.165, 1.54) is 12.3 Å². The van der Waals surface area contributed by atoms with Crippen LogP contribution in [0.25, 0.3) is 21.8 Å². The van der Waals surface area contributed by atoms with Crippen LogP contribution in [0, 0.1) is 24.0 Å². The van der Waals surface area contributed by atoms with E-state index in [-0.39, 0.29) is 22.7 Å². The number of rotatable bonds is 5. The molecule has 49 heavy (non-hydrogen) atoms. The third kappa shape index (κ3) is 6.16. The Morgan fingerprint density at radius 1 is 0.796 bits per heavy atom. The van der Waals surface area contributed by atoms with Gasteiger partial charge in [-0.3, -0.25) is 15.0 Å². The van der Waals surface area contributed by atoms with Crippen LogP contribution in [-0.4, -0.2) is 94.3 Å². The molecule has 4 aromatic rings. The molecular weight excluding hydrogens is 636 g/mol. The molecule has 2 aromatic carbocycles. The number of guanidine groups is 2. The molecule has 0 bridgehead atoms. The second-order valence-electron chi connectivity index (χ2n) is 12.3. The van der Waals surface area contributed by atoms with Crippen molar-refractivity contribution in [2.75, 3.05) is 62.2 Å². The molecule has 0 atom stereocenters. The van der Waals surface area contributed by atoms with Crippen molar-refractivity contribution in [3.05, 3.63) is 79.9 Å². The summed E-state index contributed by atoms with van der Waals surface area (Å²) in [6.45, 7) is 9.92. The Hall–Kier alpha value is -5.47. The summed E-state index contributed by atoms with van der Waals surface area (Å²) in [7, 11) is 0. The summed E-state index contributed by atoms with van der Waals surface area (Å²) in [4.78, 5) is 48.6. The van der Waals surface area contributed by atoms with Crippen molar-refractivity contribution in [3.63, 3.8) is 0 Å². The van der Waals surface area contributed by atoms with Gasteiger partial charge in [0.1, 0.15) is 17.2 Å². The van der Waals surface area contributed by atoms with E-state index in [0.29, 0.717) is 98.8 Å². The van der Waals surface area contributed by atoms with Gasteiger partial charge in [0.2, 0.25) is 11.4 Å². The van der Waals surface area contributed by atoms with Crippen LogP contribution < -0.4 is 26.4 Å². The summed E-state index contributed by atoms with van der Waals surface area (Å²) >= 11 is 0. The lowest BCUT2D eigenvalue weighted by molar-refractivity contribution is 0.0694. The number of carboxylic acids is 1. The Labute approximate surface area is 280 Å². The molecule has 15 heteroatoms. The van der Waals surface area contributed by atoms with Gasteiger partial charge in [-0.15, -0.1) is 0 Å². The monoisotopic (exact) mass is 675 g/mol. The summed E-state index contributed by atoms with van der Waals surface area (Å²) in [5.41, 5.74) is 7.43. The number of benzene rings is 2. The molecule has 2 fully saturated rings. The van der Waals surface area contributed by atoms with Crippen LogP contribution in [0.3, 0.4) is 0 Å². The number of carboxylic acid groups (broad SMARTS) is 1. The fourth-order valence-electron chi connectivity index (χ4n) is 6.69. The van der Waals surface area contributed by atoms with E-state index in [2.05, 4.69) is 4.99 Å². The van der Waals surface area contributed by atoms with E-state index < -0.39 is 28.6 Å². The highest BCUT2D eigenvalue weighted by atomic mass is 19.1. The van der Waals surface area contributed by atoms with Crippen LogP contribution in [0.15, 0.2) is 51.2 Å². The van der Waals surface area contributed by atoms with Crippen molar-refractivity contribution in [2.24, 2.45) is 10.7 Å². The van der Waals surface area contributed by atoms with Crippen LogP contribution >= 0.6 is 0 Å². The molecule has 0 unspecified atom stereocenters. The summed E-state index contributed by atoms with van der Waals surface area (Å²) in [6.07, 6.45) is 3.08. The Balaban J connectivity index is 1.10. The van der Waals surface area contributed by atoms with E-state index in [1.54, 1.807) is 34.7 Å². The number of nitrogens with two attached hydrogens (primary N) is 1. The first-order chi connectivity index (χ1) is 23.4. The van der Waals surface area contributed by atoms with E-state index in [9.17, 15) is 19.5 Å². The van der Waals surface area contributed by atoms with Crippen molar-refractivity contribution in [1.82, 2.24) is 18.9 Å². The normalized spacial score (nSPS) is 15.8. The number of aromatic nitrogens is 2. The van der Waals surface area contributed by atoms with Crippen LogP contribution in [0.5, 0.6) is 0 Å². The predicted octanol–water partition coefficient (Wildman–Crippen LogP) is 2.83. The van der Waals surface area contributed by atoms with E-state index in [1.807, 2.05) is 33.1 Å². The fourth-order valence-corrected chi connectivity index (χ4v) is 6.69. The number of nitrogens with one attached hydrogen (secondary N) is 1. The van der Waals surface area contributed by atoms with Crippen LogP contribution in [-0.2, 0) is 13.1 Å². The van der Waals surface area contributed by atoms with Crippen molar-refractivity contribution in [3.8, 4) is 0 Å². The zero-order valence-electron chi connectivity index (χ0n) is 27.7. The topological polar surface area (TPSA) is 156 Å². The molecule has 0 aliphatic carbocycles. The number of pyridine rings is 2. The summed E-state index contributed by atoms with van der Waals surface area (Å²) in [5, 5.41) is 18.4. The minimum Gasteiger partial charge on any atom is -0.477 e. The highest BCUT2D eigenvalue weighted by Gasteiger charge is 2.26. The number of hydrogen-bond acceptors (Lipinski definition) is 6. The van der Waals surface area contributed by atoms with Gasteiger partial charge in [-0.2, -0.15) is 4.99 Å². The summed E-state index contributed by atoms with van der Waals surface area (Å²) in [6, 6.07) is 5.73. The maximum Gasteiger partial charge on any atom is 0.341 e. The highest BCUT2D eigenvalue weighted by molar-refractivity contribution is 5.94. The number of aromatic carboxylic acids is 1. The SMILES string of the molecule is CCn1cc(C)c(=O)c2cc(F)c(N3CCN(C(N)=NC(=N)N4CCN(c5cc6c(cc5F)c(=O)c(C(=O)O)cn6CC)CC4)CC3)cc21. The molecule has 4 N–H and O–H groups in total. The number of aryl methyl sites for hydroxylation is 3. The maximum absolute atomic E-state index is 15.3. The van der Waals surface area contributed by atoms with Gasteiger partial charge in [0.25, 0.3) is 0 Å². The largest absolute Gasteiger partial charge is 0.477 e. The number of aliphatic imine (C=N–C) groups is 1. The van der Waals surface area contributed by atoms with Gasteiger partial charge >= 0.3 is 5.97 Å². The minimum atomic E-state index is -1.36. The van der Waals surface area contributed by atoms with Crippen molar-refractivity contribution in [2.45, 2.75) is 33.9 Å². The smallest absolute Gasteiger partial charge is 0.341 e. The molecular formula is C34H39F2N9O4. The summed E-state index contributed by atoms with van der Waals surface area (Å²) in [5.74, 6) is -2.28. The summed E-state index contributed by atoms with van der Waals surface area (Å²) < 4.78 is 34.1. The molecule has 2 aliphatic heterocycles. The molecule has 2 aliphatic rings. The first-order valence-electron chi connectivity index (χ1n) is 16.3. The second-order valence-corrected chi connectivity index (χ2v) is 12.3. The molecule has 6 rings (SSSR count). The number of piperazine rings is 2. The van der Waals surface area contributed by atoms with Gasteiger partial charge in [-0.1, -0.05) is 0 Å². The average Bonchev–Trinajstić information content (AvgIpc) is 3.10. The lowest BCUT2D eigenvalue weighted by atomic mass is 10.1. The molecule has 258 valence electrons. The minimum absolute atomic E-state index is 0.00834. The molecule has 2 saturated heterocycles. The number of carbonyl (C=O) groups is 1. The number of fused-ring (bicyclic) bond motifs is 2. The molecule has 0 saturated carbocycles. The van der Waals surface area contributed by atoms with E-state index in [0.717, 1.165) is 6.07 Å². The van der Waals surface area contributed by atoms with Crippen LogP contribution in [0.4, 0.5) is 20.2 Å². The molecule has 13 nitrogen and oxygen atoms in total. The average molecular weight is 676 g/mol. The van der Waals surface area contributed by atoms with Gasteiger partial charge < -0.3 is 39.6 Å².